The van der Waals surface area contributed by atoms with Crippen molar-refractivity contribution < 1.29 is 8.42 Å². The predicted molar refractivity (Wildman–Crippen MR) is 74.0 cm³/mol. The fourth-order valence-corrected chi connectivity index (χ4v) is 3.88. The van der Waals surface area contributed by atoms with Crippen LogP contribution in [0.15, 0.2) is 33.6 Å². The smallest absolute Gasteiger partial charge is 0.179 e. The van der Waals surface area contributed by atoms with Crippen LogP contribution in [0, 0.1) is 0 Å². The Morgan fingerprint density at radius 1 is 1.41 bits per heavy atom. The lowest BCUT2D eigenvalue weighted by molar-refractivity contribution is 0.536. The summed E-state index contributed by atoms with van der Waals surface area (Å²) >= 11 is 3.29. The molecular formula is C12H18BrNO2S. The number of rotatable bonds is 6. The first-order valence-electron chi connectivity index (χ1n) is 5.65. The minimum atomic E-state index is -3.21. The lowest BCUT2D eigenvalue weighted by atomic mass is 10.2. The van der Waals surface area contributed by atoms with Crippen LogP contribution in [0.2, 0.25) is 0 Å². The van der Waals surface area contributed by atoms with Gasteiger partial charge in [-0.2, -0.15) is 0 Å². The summed E-state index contributed by atoms with van der Waals surface area (Å²) < 4.78 is 25.1. The Bertz CT molecular complexity index is 459. The standard InChI is InChI=1S/C12H18BrNO2S/c1-3-5-11(14-2)9-17(15,16)12-7-4-6-10(13)8-12/h4,6-8,11,14H,3,5,9H2,1-2H3. The molecule has 96 valence electrons. The van der Waals surface area contributed by atoms with Crippen LogP contribution in [-0.4, -0.2) is 27.3 Å². The molecule has 0 aliphatic heterocycles. The third-order valence-electron chi connectivity index (χ3n) is 2.62. The molecule has 0 saturated heterocycles. The molecule has 0 saturated carbocycles. The van der Waals surface area contributed by atoms with Gasteiger partial charge in [0, 0.05) is 10.5 Å². The van der Waals surface area contributed by atoms with Crippen molar-refractivity contribution in [2.75, 3.05) is 12.8 Å². The molecule has 0 aliphatic rings. The summed E-state index contributed by atoms with van der Waals surface area (Å²) in [5.74, 6) is 0.147. The molecule has 1 aromatic carbocycles. The number of hydrogen-bond donors (Lipinski definition) is 1. The zero-order valence-electron chi connectivity index (χ0n) is 10.1. The highest BCUT2D eigenvalue weighted by molar-refractivity contribution is 9.10. The van der Waals surface area contributed by atoms with E-state index in [4.69, 9.17) is 0 Å². The highest BCUT2D eigenvalue weighted by Gasteiger charge is 2.19. The van der Waals surface area contributed by atoms with Gasteiger partial charge in [0.05, 0.1) is 10.6 Å². The summed E-state index contributed by atoms with van der Waals surface area (Å²) in [6.07, 6.45) is 1.84. The van der Waals surface area contributed by atoms with Crippen LogP contribution in [0.25, 0.3) is 0 Å². The maximum Gasteiger partial charge on any atom is 0.179 e. The molecule has 0 aliphatic carbocycles. The third-order valence-corrected chi connectivity index (χ3v) is 4.93. The van der Waals surface area contributed by atoms with Gasteiger partial charge >= 0.3 is 0 Å². The highest BCUT2D eigenvalue weighted by Crippen LogP contribution is 2.18. The zero-order chi connectivity index (χ0) is 12.9. The lowest BCUT2D eigenvalue weighted by Crippen LogP contribution is -2.32. The van der Waals surface area contributed by atoms with E-state index in [1.165, 1.54) is 0 Å². The topological polar surface area (TPSA) is 46.2 Å². The van der Waals surface area contributed by atoms with Gasteiger partial charge < -0.3 is 5.32 Å². The fraction of sp³-hybridized carbons (Fsp3) is 0.500. The number of nitrogens with one attached hydrogen (secondary N) is 1. The second-order valence-electron chi connectivity index (χ2n) is 4.01. The van der Waals surface area contributed by atoms with Crippen molar-refractivity contribution in [3.8, 4) is 0 Å². The first kappa shape index (κ1) is 14.7. The SMILES string of the molecule is CCCC(CS(=O)(=O)c1cccc(Br)c1)NC. The van der Waals surface area contributed by atoms with Gasteiger partial charge in [0.15, 0.2) is 9.84 Å². The Labute approximate surface area is 112 Å². The van der Waals surface area contributed by atoms with E-state index < -0.39 is 9.84 Å². The molecule has 1 rings (SSSR count). The Morgan fingerprint density at radius 3 is 2.65 bits per heavy atom. The van der Waals surface area contributed by atoms with Crippen LogP contribution >= 0.6 is 15.9 Å². The molecule has 0 heterocycles. The Hall–Kier alpha value is -0.390. The van der Waals surface area contributed by atoms with Crippen molar-refractivity contribution in [2.45, 2.75) is 30.7 Å². The Morgan fingerprint density at radius 2 is 2.12 bits per heavy atom. The van der Waals surface area contributed by atoms with Gasteiger partial charge in [0.25, 0.3) is 0 Å². The van der Waals surface area contributed by atoms with Crippen LogP contribution < -0.4 is 5.32 Å². The van der Waals surface area contributed by atoms with Crippen molar-refractivity contribution in [2.24, 2.45) is 0 Å². The van der Waals surface area contributed by atoms with E-state index in [1.807, 2.05) is 6.07 Å². The average molecular weight is 320 g/mol. The highest BCUT2D eigenvalue weighted by atomic mass is 79.9. The van der Waals surface area contributed by atoms with Gasteiger partial charge in [-0.15, -0.1) is 0 Å². The molecule has 3 nitrogen and oxygen atoms in total. The summed E-state index contributed by atoms with van der Waals surface area (Å²) in [6, 6.07) is 6.86. The Kier molecular flexibility index (Phi) is 5.62. The monoisotopic (exact) mass is 319 g/mol. The van der Waals surface area contributed by atoms with Crippen molar-refractivity contribution in [3.63, 3.8) is 0 Å². The maximum atomic E-state index is 12.2. The summed E-state index contributed by atoms with van der Waals surface area (Å²) in [7, 11) is -1.41. The van der Waals surface area contributed by atoms with E-state index in [9.17, 15) is 8.42 Å². The van der Waals surface area contributed by atoms with Gasteiger partial charge in [-0.3, -0.25) is 0 Å². The molecule has 1 unspecified atom stereocenters. The van der Waals surface area contributed by atoms with E-state index >= 15 is 0 Å². The van der Waals surface area contributed by atoms with Crippen LogP contribution in [-0.2, 0) is 9.84 Å². The third kappa shape index (κ3) is 4.41. The number of halogens is 1. The molecule has 0 radical (unpaired) electrons. The molecule has 0 bridgehead atoms. The van der Waals surface area contributed by atoms with Gasteiger partial charge in [0.2, 0.25) is 0 Å². The van der Waals surface area contributed by atoms with Gasteiger partial charge in [-0.25, -0.2) is 8.42 Å². The van der Waals surface area contributed by atoms with Crippen molar-refractivity contribution >= 4 is 25.8 Å². The van der Waals surface area contributed by atoms with Crippen LogP contribution in [0.4, 0.5) is 0 Å². The van der Waals surface area contributed by atoms with Crippen molar-refractivity contribution in [3.05, 3.63) is 28.7 Å². The Balaban J connectivity index is 2.88. The fourth-order valence-electron chi connectivity index (χ4n) is 1.68. The van der Waals surface area contributed by atoms with Crippen LogP contribution in [0.3, 0.4) is 0 Å². The first-order valence-corrected chi connectivity index (χ1v) is 8.09. The number of benzene rings is 1. The minimum Gasteiger partial charge on any atom is -0.316 e. The number of sulfone groups is 1. The summed E-state index contributed by atoms with van der Waals surface area (Å²) in [4.78, 5) is 0.378. The molecule has 1 aromatic rings. The maximum absolute atomic E-state index is 12.2. The van der Waals surface area contributed by atoms with Gasteiger partial charge in [-0.05, 0) is 31.7 Å². The molecule has 0 spiro atoms. The average Bonchev–Trinajstić information content (AvgIpc) is 2.28. The quantitative estimate of drug-likeness (QED) is 0.876. The van der Waals surface area contributed by atoms with E-state index in [0.717, 1.165) is 17.3 Å². The largest absolute Gasteiger partial charge is 0.316 e. The van der Waals surface area contributed by atoms with Crippen molar-refractivity contribution in [1.82, 2.24) is 5.32 Å². The predicted octanol–water partition coefficient (Wildman–Crippen LogP) is 2.61. The van der Waals surface area contributed by atoms with Crippen LogP contribution in [0.5, 0.6) is 0 Å². The second kappa shape index (κ2) is 6.52. The second-order valence-corrected chi connectivity index (χ2v) is 6.96. The van der Waals surface area contributed by atoms with Crippen LogP contribution in [0.1, 0.15) is 19.8 Å². The normalized spacial score (nSPS) is 13.6. The van der Waals surface area contributed by atoms with E-state index in [-0.39, 0.29) is 11.8 Å². The molecule has 5 heteroatoms. The van der Waals surface area contributed by atoms with E-state index in [2.05, 4.69) is 28.2 Å². The molecule has 0 aromatic heterocycles. The lowest BCUT2D eigenvalue weighted by Gasteiger charge is -2.15. The van der Waals surface area contributed by atoms with Gasteiger partial charge in [0.1, 0.15) is 0 Å². The minimum absolute atomic E-state index is 0.0176. The molecule has 1 atom stereocenters. The van der Waals surface area contributed by atoms with E-state index in [1.54, 1.807) is 25.2 Å². The molecule has 17 heavy (non-hydrogen) atoms. The zero-order valence-corrected chi connectivity index (χ0v) is 12.5. The summed E-state index contributed by atoms with van der Waals surface area (Å²) in [5.41, 5.74) is 0. The molecule has 1 N–H and O–H groups in total. The van der Waals surface area contributed by atoms with Crippen molar-refractivity contribution in [1.29, 1.82) is 0 Å². The molecule has 0 fully saturated rings. The molecule has 0 amide bonds. The van der Waals surface area contributed by atoms with Gasteiger partial charge in [-0.1, -0.05) is 35.3 Å². The number of hydrogen-bond acceptors (Lipinski definition) is 3. The van der Waals surface area contributed by atoms with E-state index in [0.29, 0.717) is 4.90 Å². The summed E-state index contributed by atoms with van der Waals surface area (Å²) in [5, 5.41) is 3.05. The first-order chi connectivity index (χ1) is 7.99. The summed E-state index contributed by atoms with van der Waals surface area (Å²) in [6.45, 7) is 2.05. The molecular weight excluding hydrogens is 302 g/mol.